The number of methoxy groups -OCH3 is 2. The Morgan fingerprint density at radius 2 is 1.94 bits per heavy atom. The highest BCUT2D eigenvalue weighted by atomic mass is 16.5. The number of carbonyl (C=O) groups excluding carboxylic acids is 1. The van der Waals surface area contributed by atoms with E-state index < -0.39 is 0 Å². The van der Waals surface area contributed by atoms with Crippen molar-refractivity contribution in [3.05, 3.63) is 63.2 Å². The van der Waals surface area contributed by atoms with Crippen LogP contribution in [0.1, 0.15) is 53.1 Å². The standard InChI is InChI=1S/C26H29N5O5/c1-4-5-23-28-29-24-25(33)27-18-12-16(6-7-20(18)31(23)24)26(34)30-10-8-15-13-21(35-2)22(36-3)14-17(15)19(30)9-11-32/h6-7,12-14,19,32H,4-5,8-11H2,1-3H3,(H,27,33). The summed E-state index contributed by atoms with van der Waals surface area (Å²) in [5.41, 5.74) is 3.62. The van der Waals surface area contributed by atoms with Crippen molar-refractivity contribution >= 4 is 22.6 Å². The first kappa shape index (κ1) is 23.8. The van der Waals surface area contributed by atoms with Crippen LogP contribution in [0.3, 0.4) is 0 Å². The number of nitrogens with one attached hydrogen (secondary N) is 1. The Balaban J connectivity index is 1.56. The SMILES string of the molecule is CCCc1nnc2c(=O)[nH]c3cc(C(=O)N4CCc5cc(OC)c(OC)cc5C4CCO)ccc3n12. The summed E-state index contributed by atoms with van der Waals surface area (Å²) in [7, 11) is 3.17. The fourth-order valence-corrected chi connectivity index (χ4v) is 5.12. The van der Waals surface area contributed by atoms with Gasteiger partial charge in [-0.15, -0.1) is 10.2 Å². The Morgan fingerprint density at radius 1 is 1.17 bits per heavy atom. The van der Waals surface area contributed by atoms with Crippen molar-refractivity contribution in [2.45, 2.75) is 38.6 Å². The molecule has 1 aliphatic rings. The lowest BCUT2D eigenvalue weighted by molar-refractivity contribution is 0.0627. The summed E-state index contributed by atoms with van der Waals surface area (Å²) in [5.74, 6) is 1.76. The number of nitrogens with zero attached hydrogens (tertiary/aromatic N) is 4. The van der Waals surface area contributed by atoms with Crippen molar-refractivity contribution in [2.24, 2.45) is 0 Å². The maximum atomic E-state index is 13.7. The maximum Gasteiger partial charge on any atom is 0.294 e. The van der Waals surface area contributed by atoms with Crippen molar-refractivity contribution < 1.29 is 19.4 Å². The van der Waals surface area contributed by atoms with Crippen molar-refractivity contribution in [1.82, 2.24) is 24.5 Å². The van der Waals surface area contributed by atoms with Gasteiger partial charge in [0.2, 0.25) is 5.65 Å². The molecular formula is C26H29N5O5. The molecule has 1 unspecified atom stereocenters. The van der Waals surface area contributed by atoms with Gasteiger partial charge in [-0.25, -0.2) is 0 Å². The molecule has 4 aromatic rings. The van der Waals surface area contributed by atoms with Gasteiger partial charge in [0.1, 0.15) is 5.82 Å². The van der Waals surface area contributed by atoms with Crippen LogP contribution >= 0.6 is 0 Å². The predicted octanol–water partition coefficient (Wildman–Crippen LogP) is 2.66. The molecule has 0 aliphatic carbocycles. The molecule has 0 radical (unpaired) electrons. The van der Waals surface area contributed by atoms with Gasteiger partial charge in [0, 0.05) is 25.1 Å². The van der Waals surface area contributed by atoms with Gasteiger partial charge < -0.3 is 24.5 Å². The summed E-state index contributed by atoms with van der Waals surface area (Å²) in [4.78, 5) is 31.0. The van der Waals surface area contributed by atoms with Gasteiger partial charge in [-0.2, -0.15) is 0 Å². The van der Waals surface area contributed by atoms with E-state index in [1.807, 2.05) is 25.1 Å². The number of aryl methyl sites for hydroxylation is 1. The minimum absolute atomic E-state index is 0.0703. The lowest BCUT2D eigenvalue weighted by Gasteiger charge is -2.37. The molecular weight excluding hydrogens is 462 g/mol. The quantitative estimate of drug-likeness (QED) is 0.408. The van der Waals surface area contributed by atoms with Crippen LogP contribution in [0.5, 0.6) is 11.5 Å². The largest absolute Gasteiger partial charge is 0.493 e. The van der Waals surface area contributed by atoms with E-state index in [4.69, 9.17) is 9.47 Å². The second-order valence-corrected chi connectivity index (χ2v) is 8.89. The molecule has 1 atom stereocenters. The molecule has 2 aromatic carbocycles. The van der Waals surface area contributed by atoms with Crippen molar-refractivity contribution in [3.63, 3.8) is 0 Å². The fraction of sp³-hybridized carbons (Fsp3) is 0.385. The van der Waals surface area contributed by atoms with Crippen LogP contribution in [0.15, 0.2) is 35.1 Å². The molecule has 36 heavy (non-hydrogen) atoms. The minimum atomic E-state index is -0.354. The number of benzene rings is 2. The molecule has 188 valence electrons. The monoisotopic (exact) mass is 491 g/mol. The van der Waals surface area contributed by atoms with Crippen LogP contribution in [0, 0.1) is 0 Å². The van der Waals surface area contributed by atoms with Gasteiger partial charge in [0.25, 0.3) is 11.5 Å². The van der Waals surface area contributed by atoms with E-state index in [1.165, 1.54) is 0 Å². The third-order valence-electron chi connectivity index (χ3n) is 6.81. The highest BCUT2D eigenvalue weighted by molar-refractivity contribution is 5.98. The Bertz CT molecular complexity index is 1510. The third-order valence-corrected chi connectivity index (χ3v) is 6.81. The van der Waals surface area contributed by atoms with Crippen LogP contribution in [-0.4, -0.2) is 62.9 Å². The predicted molar refractivity (Wildman–Crippen MR) is 134 cm³/mol. The number of hydrogen-bond acceptors (Lipinski definition) is 7. The topological polar surface area (TPSA) is 122 Å². The average molecular weight is 492 g/mol. The molecule has 5 rings (SSSR count). The van der Waals surface area contributed by atoms with Crippen LogP contribution in [0.4, 0.5) is 0 Å². The van der Waals surface area contributed by atoms with Gasteiger partial charge in [-0.05, 0) is 60.7 Å². The Kier molecular flexibility index (Phi) is 6.36. The van der Waals surface area contributed by atoms with E-state index in [-0.39, 0.29) is 29.8 Å². The number of H-pyrrole nitrogens is 1. The van der Waals surface area contributed by atoms with Crippen LogP contribution in [0.2, 0.25) is 0 Å². The first-order valence-corrected chi connectivity index (χ1v) is 12.1. The molecule has 10 heteroatoms. The van der Waals surface area contributed by atoms with Crippen molar-refractivity contribution in [3.8, 4) is 11.5 Å². The molecule has 0 spiro atoms. The molecule has 2 aromatic heterocycles. The molecule has 10 nitrogen and oxygen atoms in total. The number of carbonyl (C=O) groups is 1. The van der Waals surface area contributed by atoms with E-state index >= 15 is 0 Å². The number of hydrogen-bond donors (Lipinski definition) is 2. The molecule has 1 aliphatic heterocycles. The third kappa shape index (κ3) is 3.87. The highest BCUT2D eigenvalue weighted by Crippen LogP contribution is 2.40. The Labute approximate surface area is 207 Å². The van der Waals surface area contributed by atoms with Gasteiger partial charge in [0.05, 0.1) is 31.3 Å². The van der Waals surface area contributed by atoms with E-state index in [0.29, 0.717) is 54.2 Å². The zero-order valence-electron chi connectivity index (χ0n) is 20.6. The molecule has 0 saturated carbocycles. The molecule has 0 saturated heterocycles. The van der Waals surface area contributed by atoms with Crippen molar-refractivity contribution in [1.29, 1.82) is 0 Å². The fourth-order valence-electron chi connectivity index (χ4n) is 5.12. The van der Waals surface area contributed by atoms with E-state index in [1.54, 1.807) is 35.7 Å². The summed E-state index contributed by atoms with van der Waals surface area (Å²) in [6, 6.07) is 8.80. The minimum Gasteiger partial charge on any atom is -0.493 e. The molecule has 2 N–H and O–H groups in total. The smallest absolute Gasteiger partial charge is 0.294 e. The Hall–Kier alpha value is -3.92. The normalized spacial score (nSPS) is 15.3. The summed E-state index contributed by atoms with van der Waals surface area (Å²) in [6.45, 7) is 2.46. The first-order chi connectivity index (χ1) is 17.5. The zero-order valence-corrected chi connectivity index (χ0v) is 20.6. The molecule has 0 fully saturated rings. The number of aromatic nitrogens is 4. The Morgan fingerprint density at radius 3 is 2.67 bits per heavy atom. The number of aromatic amines is 1. The molecule has 1 amide bonds. The van der Waals surface area contributed by atoms with Crippen molar-refractivity contribution in [2.75, 3.05) is 27.4 Å². The first-order valence-electron chi connectivity index (χ1n) is 12.1. The van der Waals surface area contributed by atoms with E-state index in [0.717, 1.165) is 23.1 Å². The summed E-state index contributed by atoms with van der Waals surface area (Å²) in [5, 5.41) is 18.0. The van der Waals surface area contributed by atoms with Crippen LogP contribution < -0.4 is 15.0 Å². The number of aliphatic hydroxyl groups is 1. The maximum absolute atomic E-state index is 13.7. The number of amides is 1. The number of ether oxygens (including phenoxy) is 2. The lowest BCUT2D eigenvalue weighted by Crippen LogP contribution is -2.40. The molecule has 3 heterocycles. The van der Waals surface area contributed by atoms with E-state index in [2.05, 4.69) is 15.2 Å². The number of rotatable bonds is 7. The van der Waals surface area contributed by atoms with Gasteiger partial charge in [0.15, 0.2) is 11.5 Å². The zero-order chi connectivity index (χ0) is 25.4. The lowest BCUT2D eigenvalue weighted by atomic mass is 9.89. The van der Waals surface area contributed by atoms with Gasteiger partial charge >= 0.3 is 0 Å². The summed E-state index contributed by atoms with van der Waals surface area (Å²) in [6.07, 6.45) is 2.59. The van der Waals surface area contributed by atoms with Crippen LogP contribution in [-0.2, 0) is 12.8 Å². The highest BCUT2D eigenvalue weighted by Gasteiger charge is 2.32. The average Bonchev–Trinajstić information content (AvgIpc) is 3.32. The van der Waals surface area contributed by atoms with Crippen LogP contribution in [0.25, 0.3) is 16.7 Å². The van der Waals surface area contributed by atoms with E-state index in [9.17, 15) is 14.7 Å². The molecule has 0 bridgehead atoms. The summed E-state index contributed by atoms with van der Waals surface area (Å²) < 4.78 is 12.7. The van der Waals surface area contributed by atoms with Gasteiger partial charge in [-0.3, -0.25) is 14.0 Å². The second-order valence-electron chi connectivity index (χ2n) is 8.89. The van der Waals surface area contributed by atoms with Gasteiger partial charge in [-0.1, -0.05) is 6.92 Å². The second kappa shape index (κ2) is 9.62. The number of aliphatic hydroxyl groups excluding tert-OH is 1. The number of fused-ring (bicyclic) bond motifs is 4. The summed E-state index contributed by atoms with van der Waals surface area (Å²) >= 11 is 0.